The first-order valence-corrected chi connectivity index (χ1v) is 9.13. The van der Waals surface area contributed by atoms with Gasteiger partial charge in [-0.05, 0) is 30.3 Å². The minimum atomic E-state index is -4.63. The van der Waals surface area contributed by atoms with Crippen LogP contribution in [0.2, 0.25) is 0 Å². The van der Waals surface area contributed by atoms with Crippen molar-refractivity contribution in [3.05, 3.63) is 59.7 Å². The zero-order valence-electron chi connectivity index (χ0n) is 13.8. The molecule has 3 rings (SSSR count). The number of anilines is 2. The Balaban J connectivity index is 1.97. The van der Waals surface area contributed by atoms with Crippen molar-refractivity contribution in [3.63, 3.8) is 0 Å². The van der Waals surface area contributed by atoms with Gasteiger partial charge < -0.3 is 5.32 Å². The summed E-state index contributed by atoms with van der Waals surface area (Å²) >= 11 is 0. The Labute approximate surface area is 152 Å². The standard InChI is InChI=1S/C17H13F3N2O4S/c1-22-13-8-3-2-7-12(13)14(23)15(27(22,25)26)16(24)21-11-6-4-5-10(9-11)17(18,19)20/h2-9,15H,1H3,(H,21,24). The monoisotopic (exact) mass is 398 g/mol. The number of fused-ring (bicyclic) bond motifs is 1. The topological polar surface area (TPSA) is 83.6 Å². The number of benzene rings is 2. The Kier molecular flexibility index (Phi) is 4.46. The van der Waals surface area contributed by atoms with Gasteiger partial charge in [-0.1, -0.05) is 18.2 Å². The third kappa shape index (κ3) is 3.27. The molecule has 1 amide bonds. The maximum atomic E-state index is 12.8. The highest BCUT2D eigenvalue weighted by Crippen LogP contribution is 2.33. The Hall–Kier alpha value is -2.88. The fourth-order valence-electron chi connectivity index (χ4n) is 2.76. The first-order valence-electron chi connectivity index (χ1n) is 7.62. The van der Waals surface area contributed by atoms with Crippen LogP contribution >= 0.6 is 0 Å². The van der Waals surface area contributed by atoms with Gasteiger partial charge in [0.15, 0.2) is 5.78 Å². The number of halogens is 3. The van der Waals surface area contributed by atoms with Crippen LogP contribution in [0.25, 0.3) is 0 Å². The zero-order valence-corrected chi connectivity index (χ0v) is 14.6. The summed E-state index contributed by atoms with van der Waals surface area (Å²) in [5.74, 6) is -2.16. The van der Waals surface area contributed by atoms with Crippen LogP contribution in [0.5, 0.6) is 0 Å². The Bertz CT molecular complexity index is 1030. The largest absolute Gasteiger partial charge is 0.416 e. The van der Waals surface area contributed by atoms with Gasteiger partial charge in [-0.3, -0.25) is 13.9 Å². The van der Waals surface area contributed by atoms with Crippen LogP contribution in [0.1, 0.15) is 15.9 Å². The van der Waals surface area contributed by atoms with Crippen LogP contribution in [0, 0.1) is 0 Å². The first-order chi connectivity index (χ1) is 12.5. The van der Waals surface area contributed by atoms with Crippen LogP contribution in [0.15, 0.2) is 48.5 Å². The van der Waals surface area contributed by atoms with Gasteiger partial charge in [-0.25, -0.2) is 8.42 Å². The van der Waals surface area contributed by atoms with E-state index in [0.29, 0.717) is 6.07 Å². The second-order valence-corrected chi connectivity index (χ2v) is 7.89. The van der Waals surface area contributed by atoms with E-state index in [9.17, 15) is 31.2 Å². The minimum Gasteiger partial charge on any atom is -0.324 e. The average molecular weight is 398 g/mol. The number of nitrogens with zero attached hydrogens (tertiary/aromatic N) is 1. The van der Waals surface area contributed by atoms with Crippen LogP contribution in [0.4, 0.5) is 24.5 Å². The summed E-state index contributed by atoms with van der Waals surface area (Å²) in [6, 6.07) is 9.57. The maximum Gasteiger partial charge on any atom is 0.416 e. The zero-order chi connectivity index (χ0) is 20.0. The third-order valence-corrected chi connectivity index (χ3v) is 6.11. The summed E-state index contributed by atoms with van der Waals surface area (Å²) in [5.41, 5.74) is -1.11. The fraction of sp³-hybridized carbons (Fsp3) is 0.176. The van der Waals surface area contributed by atoms with Crippen molar-refractivity contribution in [2.45, 2.75) is 11.4 Å². The van der Waals surface area contributed by atoms with E-state index < -0.39 is 38.7 Å². The van der Waals surface area contributed by atoms with E-state index in [0.717, 1.165) is 16.4 Å². The molecule has 0 radical (unpaired) electrons. The number of para-hydroxylation sites is 1. The number of alkyl halides is 3. The van der Waals surface area contributed by atoms with Crippen molar-refractivity contribution >= 4 is 33.1 Å². The molecule has 6 nitrogen and oxygen atoms in total. The second kappa shape index (κ2) is 6.38. The number of carbonyl (C=O) groups excluding carboxylic acids is 2. The molecule has 10 heteroatoms. The van der Waals surface area contributed by atoms with Crippen molar-refractivity contribution in [1.29, 1.82) is 0 Å². The van der Waals surface area contributed by atoms with Crippen molar-refractivity contribution in [1.82, 2.24) is 0 Å². The molecule has 27 heavy (non-hydrogen) atoms. The quantitative estimate of drug-likeness (QED) is 0.789. The van der Waals surface area contributed by atoms with E-state index in [1.807, 2.05) is 0 Å². The SMILES string of the molecule is CN1c2ccccc2C(=O)C(C(=O)Nc2cccc(C(F)(F)F)c2)S1(=O)=O. The van der Waals surface area contributed by atoms with Gasteiger partial charge in [0, 0.05) is 18.3 Å². The smallest absolute Gasteiger partial charge is 0.324 e. The molecule has 1 unspecified atom stereocenters. The number of carbonyl (C=O) groups is 2. The van der Waals surface area contributed by atoms with Crippen LogP contribution in [-0.2, 0) is 21.0 Å². The summed E-state index contributed by atoms with van der Waals surface area (Å²) in [5, 5.41) is 0.00514. The fourth-order valence-corrected chi connectivity index (χ4v) is 4.24. The highest BCUT2D eigenvalue weighted by Gasteiger charge is 2.47. The number of amides is 1. The van der Waals surface area contributed by atoms with Gasteiger partial charge in [0.2, 0.25) is 5.25 Å². The molecule has 0 aromatic heterocycles. The average Bonchev–Trinajstić information content (AvgIpc) is 2.59. The molecule has 0 aliphatic carbocycles. The molecule has 142 valence electrons. The van der Waals surface area contributed by atoms with Crippen molar-refractivity contribution in [2.75, 3.05) is 16.7 Å². The summed E-state index contributed by atoms with van der Waals surface area (Å²) < 4.78 is 64.4. The Morgan fingerprint density at radius 3 is 2.44 bits per heavy atom. The molecule has 1 atom stereocenters. The lowest BCUT2D eigenvalue weighted by atomic mass is 10.0. The van der Waals surface area contributed by atoms with E-state index in [-0.39, 0.29) is 16.9 Å². The van der Waals surface area contributed by atoms with E-state index in [1.165, 1.54) is 31.3 Å². The van der Waals surface area contributed by atoms with E-state index in [1.54, 1.807) is 6.07 Å². The van der Waals surface area contributed by atoms with Gasteiger partial charge in [-0.2, -0.15) is 13.2 Å². The molecule has 0 bridgehead atoms. The van der Waals surface area contributed by atoms with Crippen LogP contribution in [-0.4, -0.2) is 32.4 Å². The lowest BCUT2D eigenvalue weighted by Crippen LogP contribution is -2.51. The Morgan fingerprint density at radius 1 is 1.11 bits per heavy atom. The number of sulfonamides is 1. The minimum absolute atomic E-state index is 0.0408. The maximum absolute atomic E-state index is 12.8. The van der Waals surface area contributed by atoms with E-state index in [2.05, 4.69) is 5.32 Å². The number of rotatable bonds is 2. The van der Waals surface area contributed by atoms with Gasteiger partial charge in [0.1, 0.15) is 0 Å². The molecule has 1 heterocycles. The first kappa shape index (κ1) is 18.9. The molecular formula is C17H13F3N2O4S. The van der Waals surface area contributed by atoms with E-state index >= 15 is 0 Å². The van der Waals surface area contributed by atoms with E-state index in [4.69, 9.17) is 0 Å². The van der Waals surface area contributed by atoms with Crippen LogP contribution < -0.4 is 9.62 Å². The number of hydrogen-bond acceptors (Lipinski definition) is 4. The van der Waals surface area contributed by atoms with Crippen molar-refractivity contribution in [3.8, 4) is 0 Å². The van der Waals surface area contributed by atoms with Crippen molar-refractivity contribution < 1.29 is 31.2 Å². The Morgan fingerprint density at radius 2 is 1.78 bits per heavy atom. The van der Waals surface area contributed by atoms with Gasteiger partial charge in [0.25, 0.3) is 15.9 Å². The molecule has 1 N–H and O–H groups in total. The van der Waals surface area contributed by atoms with Gasteiger partial charge in [0.05, 0.1) is 11.3 Å². The molecule has 1 aliphatic rings. The lowest BCUT2D eigenvalue weighted by molar-refractivity contribution is -0.137. The number of Topliss-reactive ketones (excluding diaryl/α,β-unsaturated/α-hetero) is 1. The lowest BCUT2D eigenvalue weighted by Gasteiger charge is -2.31. The molecule has 0 saturated carbocycles. The highest BCUT2D eigenvalue weighted by atomic mass is 32.2. The van der Waals surface area contributed by atoms with Crippen molar-refractivity contribution in [2.24, 2.45) is 0 Å². The predicted molar refractivity (Wildman–Crippen MR) is 92.0 cm³/mol. The molecule has 2 aromatic rings. The van der Waals surface area contributed by atoms with Crippen LogP contribution in [0.3, 0.4) is 0 Å². The number of hydrogen-bond donors (Lipinski definition) is 1. The predicted octanol–water partition coefficient (Wildman–Crippen LogP) is 2.68. The summed E-state index contributed by atoms with van der Waals surface area (Å²) in [6.45, 7) is 0. The number of nitrogens with one attached hydrogen (secondary N) is 1. The highest BCUT2D eigenvalue weighted by molar-refractivity contribution is 7.95. The molecule has 0 saturated heterocycles. The van der Waals surface area contributed by atoms with Gasteiger partial charge >= 0.3 is 6.18 Å². The third-order valence-electron chi connectivity index (χ3n) is 4.12. The molecule has 2 aromatic carbocycles. The molecular weight excluding hydrogens is 385 g/mol. The molecule has 0 fully saturated rings. The number of ketones is 1. The second-order valence-electron chi connectivity index (χ2n) is 5.84. The molecule has 1 aliphatic heterocycles. The summed E-state index contributed by atoms with van der Waals surface area (Å²) in [4.78, 5) is 25.1. The summed E-state index contributed by atoms with van der Waals surface area (Å²) in [6.07, 6.45) is -4.63. The summed E-state index contributed by atoms with van der Waals surface area (Å²) in [7, 11) is -3.17. The van der Waals surface area contributed by atoms with Gasteiger partial charge in [-0.15, -0.1) is 0 Å². The normalized spacial score (nSPS) is 18.7. The molecule has 0 spiro atoms.